The summed E-state index contributed by atoms with van der Waals surface area (Å²) in [7, 11) is 0. The molecule has 0 fully saturated rings. The van der Waals surface area contributed by atoms with E-state index in [4.69, 9.17) is 4.74 Å². The van der Waals surface area contributed by atoms with E-state index in [9.17, 15) is 0 Å². The molecule has 10 rings (SSSR count). The number of fused-ring (bicyclic) bond motifs is 3. The Kier molecular flexibility index (Phi) is 13.6. The average Bonchev–Trinajstić information content (AvgIpc) is 3.71. The van der Waals surface area contributed by atoms with Gasteiger partial charge in [0.2, 0.25) is 0 Å². The minimum Gasteiger partial charge on any atom is -0.457 e. The van der Waals surface area contributed by atoms with Crippen molar-refractivity contribution >= 4 is 31.5 Å². The Balaban J connectivity index is 0.000000213. The SMILES string of the molecule is [Ir+3].[c-]1ccc2c(sc3ccccc32)c1-c1ccccn1.[c-]1ccccc1-c1cc(CCc2ccccc2Oc2ccccc2CCc2cc[c-]c(-c3ccccn3)c2)ccn1. The summed E-state index contributed by atoms with van der Waals surface area (Å²) in [6.45, 7) is 0. The van der Waals surface area contributed by atoms with Crippen LogP contribution in [0.15, 0.2) is 195 Å². The molecule has 0 spiro atoms. The zero-order valence-corrected chi connectivity index (χ0v) is 36.5. The molecule has 4 nitrogen and oxygen atoms in total. The fraction of sp³-hybridized carbons (Fsp3) is 0.0727. The van der Waals surface area contributed by atoms with Crippen LogP contribution in [0.1, 0.15) is 22.3 Å². The molecule has 296 valence electrons. The van der Waals surface area contributed by atoms with Gasteiger partial charge in [-0.25, -0.2) is 0 Å². The Hall–Kier alpha value is -6.56. The van der Waals surface area contributed by atoms with E-state index in [2.05, 4.69) is 124 Å². The molecular weight excluding hydrogens is 943 g/mol. The number of para-hydroxylation sites is 2. The first kappa shape index (κ1) is 41.2. The predicted octanol–water partition coefficient (Wildman–Crippen LogP) is 13.7. The molecule has 4 heterocycles. The number of aryl methyl sites for hydroxylation is 4. The van der Waals surface area contributed by atoms with Gasteiger partial charge in [-0.05, 0) is 100 Å². The molecule has 0 bridgehead atoms. The third kappa shape index (κ3) is 10.1. The van der Waals surface area contributed by atoms with Crippen LogP contribution in [0.2, 0.25) is 0 Å². The zero-order chi connectivity index (χ0) is 40.4. The van der Waals surface area contributed by atoms with E-state index >= 15 is 0 Å². The van der Waals surface area contributed by atoms with Crippen LogP contribution < -0.4 is 4.74 Å². The minimum absolute atomic E-state index is 0. The molecule has 0 aliphatic heterocycles. The molecule has 0 unspecified atom stereocenters. The first-order valence-electron chi connectivity index (χ1n) is 20.2. The number of hydrogen-bond donors (Lipinski definition) is 0. The first-order valence-corrected chi connectivity index (χ1v) is 21.0. The van der Waals surface area contributed by atoms with Crippen molar-refractivity contribution in [1.29, 1.82) is 0 Å². The molecular formula is C55H40IrN3OS. The van der Waals surface area contributed by atoms with E-state index in [1.54, 1.807) is 0 Å². The molecule has 10 aromatic rings. The van der Waals surface area contributed by atoms with Crippen molar-refractivity contribution in [3.8, 4) is 45.3 Å². The van der Waals surface area contributed by atoms with Crippen molar-refractivity contribution in [2.75, 3.05) is 0 Å². The summed E-state index contributed by atoms with van der Waals surface area (Å²) in [6.07, 6.45) is 9.08. The molecule has 0 saturated carbocycles. The van der Waals surface area contributed by atoms with Crippen molar-refractivity contribution in [3.63, 3.8) is 0 Å². The summed E-state index contributed by atoms with van der Waals surface area (Å²) in [5, 5.41) is 2.61. The second-order valence-electron chi connectivity index (χ2n) is 14.4. The molecule has 0 atom stereocenters. The van der Waals surface area contributed by atoms with Gasteiger partial charge in [0, 0.05) is 23.3 Å². The fourth-order valence-electron chi connectivity index (χ4n) is 7.36. The van der Waals surface area contributed by atoms with Crippen molar-refractivity contribution < 1.29 is 24.8 Å². The molecule has 6 heteroatoms. The molecule has 0 N–H and O–H groups in total. The minimum atomic E-state index is 0. The van der Waals surface area contributed by atoms with E-state index in [-0.39, 0.29) is 20.1 Å². The van der Waals surface area contributed by atoms with Crippen LogP contribution in [0, 0.1) is 18.2 Å². The van der Waals surface area contributed by atoms with Crippen molar-refractivity contribution in [2.45, 2.75) is 25.7 Å². The first-order chi connectivity index (χ1) is 29.7. The molecule has 0 radical (unpaired) electrons. The summed E-state index contributed by atoms with van der Waals surface area (Å²) >= 11 is 1.81. The molecule has 0 saturated heterocycles. The summed E-state index contributed by atoms with van der Waals surface area (Å²) in [5.41, 5.74) is 10.9. The maximum atomic E-state index is 6.57. The molecule has 0 aliphatic rings. The topological polar surface area (TPSA) is 47.9 Å². The largest absolute Gasteiger partial charge is 3.00 e. The summed E-state index contributed by atoms with van der Waals surface area (Å²) in [6, 6.07) is 69.7. The number of ether oxygens (including phenoxy) is 1. The summed E-state index contributed by atoms with van der Waals surface area (Å²) in [4.78, 5) is 13.5. The van der Waals surface area contributed by atoms with Crippen LogP contribution in [-0.2, 0) is 45.8 Å². The van der Waals surface area contributed by atoms with Crippen LogP contribution in [-0.4, -0.2) is 15.0 Å². The van der Waals surface area contributed by atoms with Crippen LogP contribution in [0.5, 0.6) is 11.5 Å². The van der Waals surface area contributed by atoms with Gasteiger partial charge in [-0.1, -0.05) is 95.9 Å². The van der Waals surface area contributed by atoms with Gasteiger partial charge in [0.05, 0.1) is 0 Å². The van der Waals surface area contributed by atoms with Crippen molar-refractivity contribution in [1.82, 2.24) is 15.0 Å². The number of nitrogens with zero attached hydrogens (tertiary/aromatic N) is 3. The number of pyridine rings is 3. The molecule has 4 aromatic heterocycles. The Bertz CT molecular complexity index is 2840. The number of benzene rings is 6. The van der Waals surface area contributed by atoms with E-state index in [1.165, 1.54) is 42.4 Å². The van der Waals surface area contributed by atoms with Gasteiger partial charge in [0.1, 0.15) is 11.5 Å². The molecule has 61 heavy (non-hydrogen) atoms. The predicted molar refractivity (Wildman–Crippen MR) is 246 cm³/mol. The zero-order valence-electron chi connectivity index (χ0n) is 33.3. The maximum Gasteiger partial charge on any atom is 3.00 e. The maximum absolute atomic E-state index is 6.57. The molecule has 0 amide bonds. The van der Waals surface area contributed by atoms with Crippen LogP contribution in [0.25, 0.3) is 53.9 Å². The number of thiophene rings is 1. The fourth-order valence-corrected chi connectivity index (χ4v) is 8.56. The quantitative estimate of drug-likeness (QED) is 0.121. The Morgan fingerprint density at radius 1 is 0.443 bits per heavy atom. The third-order valence-electron chi connectivity index (χ3n) is 10.4. The third-order valence-corrected chi connectivity index (χ3v) is 11.6. The smallest absolute Gasteiger partial charge is 0.457 e. The summed E-state index contributed by atoms with van der Waals surface area (Å²) in [5.74, 6) is 1.80. The molecule has 6 aromatic carbocycles. The van der Waals surface area contributed by atoms with E-state index < -0.39 is 0 Å². The number of aromatic nitrogens is 3. The summed E-state index contributed by atoms with van der Waals surface area (Å²) < 4.78 is 9.15. The van der Waals surface area contributed by atoms with Crippen LogP contribution in [0.3, 0.4) is 0 Å². The number of hydrogen-bond acceptors (Lipinski definition) is 5. The Morgan fingerprint density at radius 2 is 1.07 bits per heavy atom. The normalized spacial score (nSPS) is 10.8. The monoisotopic (exact) mass is 983 g/mol. The van der Waals surface area contributed by atoms with E-state index in [0.717, 1.165) is 71.0 Å². The van der Waals surface area contributed by atoms with Gasteiger partial charge in [-0.2, -0.15) is 11.3 Å². The van der Waals surface area contributed by atoms with E-state index in [0.29, 0.717) is 0 Å². The molecule has 0 aliphatic carbocycles. The Morgan fingerprint density at radius 3 is 1.79 bits per heavy atom. The Labute approximate surface area is 375 Å². The van der Waals surface area contributed by atoms with Crippen molar-refractivity contribution in [3.05, 3.63) is 235 Å². The second kappa shape index (κ2) is 20.1. The van der Waals surface area contributed by atoms with Gasteiger partial charge < -0.3 is 19.7 Å². The van der Waals surface area contributed by atoms with Crippen LogP contribution >= 0.6 is 11.3 Å². The van der Waals surface area contributed by atoms with Gasteiger partial charge in [-0.15, -0.1) is 95.1 Å². The standard InChI is InChI=1S/C38H30N2O.C17H10NS.Ir/c1-2-12-31(13-3-1)36-28-30(24-26-40-36)21-23-33-15-5-7-19-38(33)41-37-18-6-4-14-32(37)22-20-29-11-10-16-34(27-29)35-17-8-9-25-39-35;1-2-10-16-12(6-1)13-7-5-8-14(17(13)19-16)15-9-3-4-11-18-15;/h1-12,14-15,17-19,24-28H,20-23H2;1-7,9-11H;/q-2;-1;+3. The average molecular weight is 983 g/mol. The van der Waals surface area contributed by atoms with Crippen LogP contribution in [0.4, 0.5) is 0 Å². The van der Waals surface area contributed by atoms with Gasteiger partial charge >= 0.3 is 20.1 Å². The van der Waals surface area contributed by atoms with Gasteiger partial charge in [0.25, 0.3) is 0 Å². The van der Waals surface area contributed by atoms with Gasteiger partial charge in [-0.3, -0.25) is 0 Å². The van der Waals surface area contributed by atoms with E-state index in [1.807, 2.05) is 115 Å². The second-order valence-corrected chi connectivity index (χ2v) is 15.4. The van der Waals surface area contributed by atoms with Gasteiger partial charge in [0.15, 0.2) is 0 Å². The van der Waals surface area contributed by atoms with Crippen molar-refractivity contribution in [2.24, 2.45) is 0 Å². The number of rotatable bonds is 11.